The molecule has 4 rings (SSSR count). The Hall–Kier alpha value is -2.81. The first-order chi connectivity index (χ1) is 15.0. The third-order valence-corrected chi connectivity index (χ3v) is 6.01. The molecule has 31 heavy (non-hydrogen) atoms. The second kappa shape index (κ2) is 9.55. The number of nitrogens with zero attached hydrogens (tertiary/aromatic N) is 4. The maximum Gasteiger partial charge on any atom is 0.257 e. The first-order valence-electron chi connectivity index (χ1n) is 9.27. The lowest BCUT2D eigenvalue weighted by Gasteiger charge is -2.12. The molecule has 2 aromatic carbocycles. The van der Waals surface area contributed by atoms with Gasteiger partial charge >= 0.3 is 0 Å². The van der Waals surface area contributed by atoms with Crippen molar-refractivity contribution < 1.29 is 9.32 Å². The van der Waals surface area contributed by atoms with Crippen LogP contribution in [0.15, 0.2) is 64.1 Å². The summed E-state index contributed by atoms with van der Waals surface area (Å²) in [6, 6.07) is 14.4. The Balaban J connectivity index is 1.49. The van der Waals surface area contributed by atoms with Gasteiger partial charge in [-0.2, -0.15) is 10.1 Å². The normalized spacial score (nSPS) is 10.9. The van der Waals surface area contributed by atoms with Gasteiger partial charge in [0.1, 0.15) is 5.82 Å². The maximum absolute atomic E-state index is 13.0. The van der Waals surface area contributed by atoms with Gasteiger partial charge in [-0.3, -0.25) is 4.79 Å². The van der Waals surface area contributed by atoms with Crippen LogP contribution in [0.5, 0.6) is 0 Å². The number of benzene rings is 2. The Kier molecular flexibility index (Phi) is 6.60. The van der Waals surface area contributed by atoms with E-state index in [2.05, 4.69) is 20.6 Å². The molecule has 0 spiro atoms. The number of nitrogens with one attached hydrogen (secondary N) is 1. The molecule has 0 unspecified atom stereocenters. The first kappa shape index (κ1) is 21.4. The molecule has 7 nitrogen and oxygen atoms in total. The van der Waals surface area contributed by atoms with Gasteiger partial charge in [0, 0.05) is 27.9 Å². The monoisotopic (exact) mass is 473 g/mol. The molecule has 2 heterocycles. The summed E-state index contributed by atoms with van der Waals surface area (Å²) in [5.41, 5.74) is 1.39. The number of aromatic nitrogens is 4. The van der Waals surface area contributed by atoms with Crippen molar-refractivity contribution in [2.75, 3.05) is 5.32 Å². The number of rotatable bonds is 7. The van der Waals surface area contributed by atoms with Gasteiger partial charge in [-0.15, -0.1) is 11.8 Å². The molecule has 0 aliphatic carbocycles. The average Bonchev–Trinajstić information content (AvgIpc) is 3.37. The molecule has 0 fully saturated rings. The van der Waals surface area contributed by atoms with E-state index in [1.54, 1.807) is 42.1 Å². The van der Waals surface area contributed by atoms with Crippen LogP contribution < -0.4 is 5.32 Å². The Morgan fingerprint density at radius 1 is 1.19 bits per heavy atom. The van der Waals surface area contributed by atoms with Gasteiger partial charge < -0.3 is 9.84 Å². The van der Waals surface area contributed by atoms with E-state index in [0.29, 0.717) is 45.4 Å². The number of hydrogen-bond donors (Lipinski definition) is 1. The molecular weight excluding hydrogens is 457 g/mol. The van der Waals surface area contributed by atoms with E-state index in [-0.39, 0.29) is 5.91 Å². The largest absolute Gasteiger partial charge is 0.340 e. The smallest absolute Gasteiger partial charge is 0.257 e. The summed E-state index contributed by atoms with van der Waals surface area (Å²) in [6.45, 7) is 2.13. The van der Waals surface area contributed by atoms with Crippen molar-refractivity contribution in [1.82, 2.24) is 19.9 Å². The van der Waals surface area contributed by atoms with Crippen molar-refractivity contribution in [3.05, 3.63) is 87.6 Å². The number of aryl methyl sites for hydroxylation is 1. The van der Waals surface area contributed by atoms with E-state index in [1.807, 2.05) is 24.3 Å². The molecule has 0 atom stereocenters. The van der Waals surface area contributed by atoms with Crippen LogP contribution in [0, 0.1) is 6.92 Å². The number of thioether (sulfide) groups is 1. The molecule has 10 heteroatoms. The number of anilines is 1. The maximum atomic E-state index is 13.0. The predicted octanol–water partition coefficient (Wildman–Crippen LogP) is 5.47. The van der Waals surface area contributed by atoms with Crippen LogP contribution in [0.25, 0.3) is 0 Å². The van der Waals surface area contributed by atoms with E-state index < -0.39 is 0 Å². The Labute approximate surface area is 192 Å². The minimum absolute atomic E-state index is 0.239. The van der Waals surface area contributed by atoms with Crippen LogP contribution in [-0.4, -0.2) is 25.8 Å². The number of carbonyl (C=O) groups is 1. The van der Waals surface area contributed by atoms with Crippen molar-refractivity contribution in [1.29, 1.82) is 0 Å². The third-order valence-electron chi connectivity index (χ3n) is 4.35. The number of carbonyl (C=O) groups excluding carboxylic acids is 1. The summed E-state index contributed by atoms with van der Waals surface area (Å²) in [6.07, 6.45) is 1.62. The fraction of sp³-hybridized carbons (Fsp3) is 0.143. The van der Waals surface area contributed by atoms with Crippen molar-refractivity contribution in [3.63, 3.8) is 0 Å². The zero-order valence-corrected chi connectivity index (χ0v) is 18.7. The highest BCUT2D eigenvalue weighted by molar-refractivity contribution is 7.98. The summed E-state index contributed by atoms with van der Waals surface area (Å²) < 4.78 is 6.67. The summed E-state index contributed by atoms with van der Waals surface area (Å²) in [5, 5.41) is 12.2. The molecule has 2 aromatic heterocycles. The zero-order valence-electron chi connectivity index (χ0n) is 16.4. The lowest BCUT2D eigenvalue weighted by molar-refractivity contribution is 0.102. The van der Waals surface area contributed by atoms with Gasteiger partial charge in [-0.05, 0) is 29.8 Å². The van der Waals surface area contributed by atoms with Gasteiger partial charge in [0.2, 0.25) is 5.89 Å². The average molecular weight is 474 g/mol. The highest BCUT2D eigenvalue weighted by atomic mass is 35.5. The van der Waals surface area contributed by atoms with Crippen LogP contribution >= 0.6 is 35.0 Å². The molecular formula is C21H17Cl2N5O2S. The van der Waals surface area contributed by atoms with E-state index in [9.17, 15) is 4.79 Å². The van der Waals surface area contributed by atoms with Gasteiger partial charge in [0.25, 0.3) is 5.91 Å². The molecule has 0 saturated carbocycles. The van der Waals surface area contributed by atoms with Gasteiger partial charge in [-0.1, -0.05) is 46.6 Å². The second-order valence-electron chi connectivity index (χ2n) is 6.58. The molecule has 0 radical (unpaired) electrons. The van der Waals surface area contributed by atoms with Crippen LogP contribution in [0.4, 0.5) is 5.82 Å². The minimum Gasteiger partial charge on any atom is -0.340 e. The highest BCUT2D eigenvalue weighted by Crippen LogP contribution is 2.27. The molecule has 0 aliphatic rings. The standard InChI is InChI=1S/C21H17Cl2N5O2S/c1-13-25-19(27-30-13)12-31-18-5-3-2-4-16(18)21(29)26-20-8-9-24-28(20)11-14-6-7-15(22)10-17(14)23/h2-10H,11-12H2,1H3,(H,26,29). The van der Waals surface area contributed by atoms with Crippen LogP contribution in [0.1, 0.15) is 27.6 Å². The molecule has 0 saturated heterocycles. The summed E-state index contributed by atoms with van der Waals surface area (Å²) in [4.78, 5) is 18.0. The lowest BCUT2D eigenvalue weighted by Crippen LogP contribution is -2.17. The molecule has 0 bridgehead atoms. The van der Waals surface area contributed by atoms with Gasteiger partial charge in [0.05, 0.1) is 24.1 Å². The Morgan fingerprint density at radius 3 is 2.81 bits per heavy atom. The molecule has 158 valence electrons. The summed E-state index contributed by atoms with van der Waals surface area (Å²) >= 11 is 13.7. The Bertz CT molecular complexity index is 1220. The number of hydrogen-bond acceptors (Lipinski definition) is 6. The van der Waals surface area contributed by atoms with Crippen LogP contribution in [-0.2, 0) is 12.3 Å². The highest BCUT2D eigenvalue weighted by Gasteiger charge is 2.15. The lowest BCUT2D eigenvalue weighted by atomic mass is 10.2. The molecule has 1 amide bonds. The quantitative estimate of drug-likeness (QED) is 0.358. The van der Waals surface area contributed by atoms with E-state index in [4.69, 9.17) is 27.7 Å². The minimum atomic E-state index is -0.239. The molecule has 1 N–H and O–H groups in total. The van der Waals surface area contributed by atoms with Crippen LogP contribution in [0.2, 0.25) is 10.0 Å². The van der Waals surface area contributed by atoms with Crippen molar-refractivity contribution in [2.24, 2.45) is 0 Å². The zero-order chi connectivity index (χ0) is 21.8. The third kappa shape index (κ3) is 5.28. The van der Waals surface area contributed by atoms with E-state index >= 15 is 0 Å². The molecule has 4 aromatic rings. The van der Waals surface area contributed by atoms with E-state index in [0.717, 1.165) is 10.5 Å². The first-order valence-corrected chi connectivity index (χ1v) is 11.0. The van der Waals surface area contributed by atoms with Crippen molar-refractivity contribution in [2.45, 2.75) is 24.1 Å². The van der Waals surface area contributed by atoms with Gasteiger partial charge in [0.15, 0.2) is 5.82 Å². The number of amides is 1. The fourth-order valence-electron chi connectivity index (χ4n) is 2.88. The number of halogens is 2. The topological polar surface area (TPSA) is 85.8 Å². The van der Waals surface area contributed by atoms with E-state index in [1.165, 1.54) is 11.8 Å². The predicted molar refractivity (Wildman–Crippen MR) is 121 cm³/mol. The van der Waals surface area contributed by atoms with Gasteiger partial charge in [-0.25, -0.2) is 4.68 Å². The SMILES string of the molecule is Cc1nc(CSc2ccccc2C(=O)Nc2ccnn2Cc2ccc(Cl)cc2Cl)no1. The van der Waals surface area contributed by atoms with Crippen LogP contribution in [0.3, 0.4) is 0 Å². The Morgan fingerprint density at radius 2 is 2.03 bits per heavy atom. The second-order valence-corrected chi connectivity index (χ2v) is 8.44. The molecule has 0 aliphatic heterocycles. The summed E-state index contributed by atoms with van der Waals surface area (Å²) in [5.74, 6) is 1.90. The van der Waals surface area contributed by atoms with Crippen molar-refractivity contribution >= 4 is 46.7 Å². The fourth-order valence-corrected chi connectivity index (χ4v) is 4.24. The van der Waals surface area contributed by atoms with Crippen molar-refractivity contribution in [3.8, 4) is 0 Å². The summed E-state index contributed by atoms with van der Waals surface area (Å²) in [7, 11) is 0.